The third-order valence-electron chi connectivity index (χ3n) is 6.19. The summed E-state index contributed by atoms with van der Waals surface area (Å²) in [6.07, 6.45) is -0.674. The van der Waals surface area contributed by atoms with Crippen LogP contribution in [-0.4, -0.2) is 63.6 Å². The molecule has 1 aliphatic heterocycles. The zero-order valence-corrected chi connectivity index (χ0v) is 21.3. The van der Waals surface area contributed by atoms with Gasteiger partial charge in [0.25, 0.3) is 0 Å². The second-order valence-corrected chi connectivity index (χ2v) is 10.3. The van der Waals surface area contributed by atoms with Crippen molar-refractivity contribution in [3.05, 3.63) is 90.0 Å². The number of methoxy groups -OCH3 is 1. The Morgan fingerprint density at radius 2 is 1.50 bits per heavy atom. The van der Waals surface area contributed by atoms with Crippen molar-refractivity contribution >= 4 is 21.8 Å². The predicted molar refractivity (Wildman–Crippen MR) is 139 cm³/mol. The fourth-order valence-electron chi connectivity index (χ4n) is 4.46. The van der Waals surface area contributed by atoms with E-state index in [0.717, 1.165) is 0 Å². The summed E-state index contributed by atoms with van der Waals surface area (Å²) >= 11 is 0. The first-order chi connectivity index (χ1) is 17.4. The molecule has 1 heterocycles. The molecule has 0 atom stereocenters. The van der Waals surface area contributed by atoms with Crippen LogP contribution in [0.4, 0.5) is 10.5 Å². The number of rotatable bonds is 8. The smallest absolute Gasteiger partial charge is 0.411 e. The van der Waals surface area contributed by atoms with Gasteiger partial charge in [0.15, 0.2) is 0 Å². The first-order valence-electron chi connectivity index (χ1n) is 11.9. The van der Waals surface area contributed by atoms with Crippen LogP contribution in [0.5, 0.6) is 5.75 Å². The standard InChI is InChI=1S/C27H31N3O5S/c1-3-35-27(31)28-24-20-23(14-15-25(24)34-2)36(32,33)30-18-16-29(17-19-30)26(21-10-6-4-7-11-21)22-12-8-5-9-13-22/h4-15,20,26H,3,16-19H2,1-2H3,(H,28,31). The van der Waals surface area contributed by atoms with Crippen molar-refractivity contribution in [2.24, 2.45) is 0 Å². The van der Waals surface area contributed by atoms with E-state index in [0.29, 0.717) is 31.9 Å². The number of hydrogen-bond donors (Lipinski definition) is 1. The third-order valence-corrected chi connectivity index (χ3v) is 8.08. The number of sulfonamides is 1. The fraction of sp³-hybridized carbons (Fsp3) is 0.296. The number of piperazine rings is 1. The van der Waals surface area contributed by atoms with Crippen LogP contribution in [-0.2, 0) is 14.8 Å². The maximum atomic E-state index is 13.5. The Bertz CT molecular complexity index is 1220. The second-order valence-electron chi connectivity index (χ2n) is 8.37. The topological polar surface area (TPSA) is 88.2 Å². The van der Waals surface area contributed by atoms with E-state index in [-0.39, 0.29) is 23.2 Å². The van der Waals surface area contributed by atoms with Crippen molar-refractivity contribution in [3.63, 3.8) is 0 Å². The van der Waals surface area contributed by atoms with Gasteiger partial charge in [0.1, 0.15) is 5.75 Å². The summed E-state index contributed by atoms with van der Waals surface area (Å²) in [7, 11) is -2.32. The van der Waals surface area contributed by atoms with Gasteiger partial charge >= 0.3 is 6.09 Å². The van der Waals surface area contributed by atoms with Crippen molar-refractivity contribution < 1.29 is 22.7 Å². The lowest BCUT2D eigenvalue weighted by molar-refractivity contribution is 0.156. The fourth-order valence-corrected chi connectivity index (χ4v) is 5.91. The molecule has 1 N–H and O–H groups in total. The molecule has 4 rings (SSSR count). The number of hydrogen-bond acceptors (Lipinski definition) is 6. The van der Waals surface area contributed by atoms with E-state index in [1.165, 1.54) is 40.7 Å². The van der Waals surface area contributed by atoms with Crippen molar-refractivity contribution in [3.8, 4) is 5.75 Å². The van der Waals surface area contributed by atoms with Gasteiger partial charge in [-0.25, -0.2) is 13.2 Å². The molecule has 36 heavy (non-hydrogen) atoms. The van der Waals surface area contributed by atoms with Gasteiger partial charge in [-0.05, 0) is 36.2 Å². The molecule has 0 radical (unpaired) electrons. The highest BCUT2D eigenvalue weighted by Crippen LogP contribution is 2.32. The molecule has 1 aliphatic rings. The SMILES string of the molecule is CCOC(=O)Nc1cc(S(=O)(=O)N2CCN(C(c3ccccc3)c3ccccc3)CC2)ccc1OC. The van der Waals surface area contributed by atoms with Crippen molar-refractivity contribution in [2.75, 3.05) is 45.2 Å². The summed E-state index contributed by atoms with van der Waals surface area (Å²) in [5, 5.41) is 2.56. The van der Waals surface area contributed by atoms with Gasteiger partial charge in [0, 0.05) is 26.2 Å². The Morgan fingerprint density at radius 1 is 0.917 bits per heavy atom. The monoisotopic (exact) mass is 509 g/mol. The highest BCUT2D eigenvalue weighted by atomic mass is 32.2. The normalized spacial score (nSPS) is 15.0. The van der Waals surface area contributed by atoms with E-state index >= 15 is 0 Å². The van der Waals surface area contributed by atoms with Crippen LogP contribution in [0, 0.1) is 0 Å². The minimum atomic E-state index is -3.78. The van der Waals surface area contributed by atoms with E-state index in [1.807, 2.05) is 36.4 Å². The van der Waals surface area contributed by atoms with Crippen LogP contribution >= 0.6 is 0 Å². The number of amides is 1. The second kappa shape index (κ2) is 11.6. The van der Waals surface area contributed by atoms with Crippen LogP contribution in [0.2, 0.25) is 0 Å². The number of nitrogens with one attached hydrogen (secondary N) is 1. The van der Waals surface area contributed by atoms with Crippen molar-refractivity contribution in [1.82, 2.24) is 9.21 Å². The molecule has 0 saturated carbocycles. The number of carbonyl (C=O) groups excluding carboxylic acids is 1. The highest BCUT2D eigenvalue weighted by Gasteiger charge is 2.32. The maximum absolute atomic E-state index is 13.5. The molecule has 0 bridgehead atoms. The van der Waals surface area contributed by atoms with Gasteiger partial charge < -0.3 is 9.47 Å². The molecule has 190 valence electrons. The van der Waals surface area contributed by atoms with Crippen LogP contribution in [0.3, 0.4) is 0 Å². The van der Waals surface area contributed by atoms with Gasteiger partial charge in [-0.2, -0.15) is 4.31 Å². The Morgan fingerprint density at radius 3 is 2.03 bits per heavy atom. The van der Waals surface area contributed by atoms with Gasteiger partial charge in [0.2, 0.25) is 10.0 Å². The average molecular weight is 510 g/mol. The molecule has 1 saturated heterocycles. The van der Waals surface area contributed by atoms with Gasteiger partial charge in [-0.3, -0.25) is 10.2 Å². The molecule has 0 unspecified atom stereocenters. The Hall–Kier alpha value is -3.40. The predicted octanol–water partition coefficient (Wildman–Crippen LogP) is 4.36. The van der Waals surface area contributed by atoms with Crippen LogP contribution < -0.4 is 10.1 Å². The third kappa shape index (κ3) is 5.70. The van der Waals surface area contributed by atoms with Gasteiger partial charge in [-0.1, -0.05) is 60.7 Å². The maximum Gasteiger partial charge on any atom is 0.411 e. The molecule has 3 aromatic carbocycles. The molecule has 0 aliphatic carbocycles. The van der Waals surface area contributed by atoms with E-state index in [2.05, 4.69) is 34.5 Å². The van der Waals surface area contributed by atoms with E-state index in [9.17, 15) is 13.2 Å². The lowest BCUT2D eigenvalue weighted by Gasteiger charge is -2.39. The number of anilines is 1. The van der Waals surface area contributed by atoms with Gasteiger partial charge in [-0.15, -0.1) is 0 Å². The molecule has 9 heteroatoms. The van der Waals surface area contributed by atoms with E-state index in [4.69, 9.17) is 9.47 Å². The van der Waals surface area contributed by atoms with Crippen molar-refractivity contribution in [1.29, 1.82) is 0 Å². The zero-order chi connectivity index (χ0) is 25.5. The Balaban J connectivity index is 1.53. The Labute approximate surface area is 212 Å². The lowest BCUT2D eigenvalue weighted by Crippen LogP contribution is -2.49. The van der Waals surface area contributed by atoms with Crippen molar-refractivity contribution in [2.45, 2.75) is 17.9 Å². The van der Waals surface area contributed by atoms with Gasteiger partial charge in [0.05, 0.1) is 30.3 Å². The number of carbonyl (C=O) groups is 1. The lowest BCUT2D eigenvalue weighted by atomic mass is 9.96. The van der Waals surface area contributed by atoms with Crippen LogP contribution in [0.25, 0.3) is 0 Å². The molecule has 1 amide bonds. The molecule has 3 aromatic rings. The molecule has 8 nitrogen and oxygen atoms in total. The quantitative estimate of drug-likeness (QED) is 0.486. The minimum Gasteiger partial charge on any atom is -0.495 e. The summed E-state index contributed by atoms with van der Waals surface area (Å²) < 4.78 is 38.7. The zero-order valence-electron chi connectivity index (χ0n) is 20.5. The summed E-state index contributed by atoms with van der Waals surface area (Å²) in [4.78, 5) is 14.3. The number of ether oxygens (including phenoxy) is 2. The highest BCUT2D eigenvalue weighted by molar-refractivity contribution is 7.89. The number of benzene rings is 3. The summed E-state index contributed by atoms with van der Waals surface area (Å²) in [6.45, 7) is 3.76. The van der Waals surface area contributed by atoms with Crippen LogP contribution in [0.15, 0.2) is 83.8 Å². The summed E-state index contributed by atoms with van der Waals surface area (Å²) in [6, 6.07) is 25.0. The molecule has 0 spiro atoms. The first-order valence-corrected chi connectivity index (χ1v) is 13.3. The summed E-state index contributed by atoms with van der Waals surface area (Å²) in [5.41, 5.74) is 2.58. The molecule has 1 fully saturated rings. The molecular formula is C27H31N3O5S. The number of nitrogens with zero attached hydrogens (tertiary/aromatic N) is 2. The minimum absolute atomic E-state index is 0.0404. The van der Waals surface area contributed by atoms with E-state index in [1.54, 1.807) is 6.92 Å². The summed E-state index contributed by atoms with van der Waals surface area (Å²) in [5.74, 6) is 0.348. The van der Waals surface area contributed by atoms with Crippen LogP contribution in [0.1, 0.15) is 24.1 Å². The average Bonchev–Trinajstić information content (AvgIpc) is 2.90. The first kappa shape index (κ1) is 25.7. The largest absolute Gasteiger partial charge is 0.495 e. The van der Waals surface area contributed by atoms with E-state index < -0.39 is 16.1 Å². The molecular weight excluding hydrogens is 478 g/mol. The molecule has 0 aromatic heterocycles. The Kier molecular flexibility index (Phi) is 8.25.